The lowest BCUT2D eigenvalue weighted by Crippen LogP contribution is -2.36. The average molecular weight is 521 g/mol. The molecule has 1 atom stereocenters. The number of carbonyl (C=O) groups is 1. The highest BCUT2D eigenvalue weighted by Gasteiger charge is 2.56. The molecule has 0 bridgehead atoms. The van der Waals surface area contributed by atoms with Gasteiger partial charge in [-0.05, 0) is 37.5 Å². The zero-order valence-corrected chi connectivity index (χ0v) is 19.0. The zero-order valence-electron chi connectivity index (χ0n) is 19.0. The summed E-state index contributed by atoms with van der Waals surface area (Å²) in [5.74, 6) is -5.48. The van der Waals surface area contributed by atoms with Crippen molar-refractivity contribution in [2.24, 2.45) is 0 Å². The minimum atomic E-state index is -5.70. The van der Waals surface area contributed by atoms with Crippen LogP contribution in [0.5, 0.6) is 0 Å². The molecule has 1 aliphatic rings. The van der Waals surface area contributed by atoms with Crippen molar-refractivity contribution in [1.29, 1.82) is 0 Å². The van der Waals surface area contributed by atoms with E-state index in [9.17, 15) is 31.1 Å². The number of halogens is 6. The first-order chi connectivity index (χ1) is 17.4. The second kappa shape index (κ2) is 8.49. The van der Waals surface area contributed by atoms with E-state index < -0.39 is 36.2 Å². The Kier molecular flexibility index (Phi) is 5.64. The number of carbonyl (C=O) groups excluding carboxylic acids is 1. The number of nitrogens with one attached hydrogen (secondary N) is 1. The number of hydrogen-bond acceptors (Lipinski definition) is 6. The van der Waals surface area contributed by atoms with Gasteiger partial charge < -0.3 is 5.32 Å². The summed E-state index contributed by atoms with van der Waals surface area (Å²) in [5, 5.41) is 6.61. The number of anilines is 1. The summed E-state index contributed by atoms with van der Waals surface area (Å²) in [7, 11) is 0. The summed E-state index contributed by atoms with van der Waals surface area (Å²) in [6.07, 6.45) is -3.84. The number of nitrogens with zero attached hydrogens (tertiary/aromatic N) is 6. The smallest absolute Gasteiger partial charge is 0.310 e. The van der Waals surface area contributed by atoms with Crippen LogP contribution in [0, 0.1) is 5.82 Å². The van der Waals surface area contributed by atoms with Crippen molar-refractivity contribution < 1.29 is 31.1 Å². The van der Waals surface area contributed by atoms with Gasteiger partial charge >= 0.3 is 12.1 Å². The first kappa shape index (κ1) is 24.6. The van der Waals surface area contributed by atoms with Gasteiger partial charge in [-0.2, -0.15) is 27.1 Å². The molecular formula is C23H17F6N7O. The second-order valence-corrected chi connectivity index (χ2v) is 8.85. The molecule has 1 aromatic carbocycles. The van der Waals surface area contributed by atoms with Gasteiger partial charge in [0.05, 0.1) is 17.3 Å². The first-order valence-electron chi connectivity index (χ1n) is 10.9. The Balaban J connectivity index is 1.48. The van der Waals surface area contributed by atoms with Gasteiger partial charge in [0.2, 0.25) is 5.91 Å². The molecule has 3 aromatic heterocycles. The van der Waals surface area contributed by atoms with Gasteiger partial charge in [-0.3, -0.25) is 4.79 Å². The molecule has 0 aliphatic carbocycles. The standard InChI is InChI=1S/C23H17F6N7O/c1-21(8-12-2-4-13(24)5-3-12)14-9-30-18(34-17(14)35-20(21)37)16-10-36-19(31-11-32-36)15(33-16)6-7-22(25,26)23(27,28)29/h2-5,9-11H,6-8H2,1H3,(H,30,34,35,37). The van der Waals surface area contributed by atoms with E-state index in [2.05, 4.69) is 30.4 Å². The van der Waals surface area contributed by atoms with Crippen LogP contribution in [0.3, 0.4) is 0 Å². The Labute approximate surface area is 204 Å². The Morgan fingerprint density at radius 3 is 2.49 bits per heavy atom. The van der Waals surface area contributed by atoms with Crippen LogP contribution in [0.25, 0.3) is 17.2 Å². The van der Waals surface area contributed by atoms with E-state index in [0.717, 1.165) is 11.9 Å². The molecule has 1 N–H and O–H groups in total. The SMILES string of the molecule is CC1(Cc2ccc(F)cc2)C(=O)Nc2nc(-c3cn4ncnc4c(CCC(F)(F)C(F)(F)F)n3)ncc21. The van der Waals surface area contributed by atoms with Crippen molar-refractivity contribution >= 4 is 17.4 Å². The number of aromatic nitrogens is 6. The highest BCUT2D eigenvalue weighted by Crippen LogP contribution is 2.40. The van der Waals surface area contributed by atoms with Crippen LogP contribution in [0.2, 0.25) is 0 Å². The van der Waals surface area contributed by atoms with Gasteiger partial charge in [0.15, 0.2) is 11.5 Å². The Bertz CT molecular complexity index is 1500. The van der Waals surface area contributed by atoms with Gasteiger partial charge in [0.1, 0.15) is 23.7 Å². The fourth-order valence-electron chi connectivity index (χ4n) is 4.14. The van der Waals surface area contributed by atoms with E-state index in [-0.39, 0.29) is 41.0 Å². The molecule has 0 saturated carbocycles. The second-order valence-electron chi connectivity index (χ2n) is 8.85. The minimum absolute atomic E-state index is 0.00804. The third-order valence-corrected chi connectivity index (χ3v) is 6.24. The van der Waals surface area contributed by atoms with Crippen LogP contribution in [0.15, 0.2) is 43.0 Å². The quantitative estimate of drug-likeness (QED) is 0.380. The number of amides is 1. The number of rotatable bonds is 6. The van der Waals surface area contributed by atoms with Crippen LogP contribution < -0.4 is 5.32 Å². The zero-order chi connectivity index (χ0) is 26.6. The van der Waals surface area contributed by atoms with Crippen molar-refractivity contribution in [3.05, 3.63) is 65.6 Å². The third kappa shape index (κ3) is 4.36. The molecule has 0 saturated heterocycles. The molecule has 4 heterocycles. The molecule has 0 fully saturated rings. The monoisotopic (exact) mass is 521 g/mol. The summed E-state index contributed by atoms with van der Waals surface area (Å²) in [4.78, 5) is 29.6. The van der Waals surface area contributed by atoms with Crippen LogP contribution in [0.1, 0.15) is 30.2 Å². The molecule has 1 amide bonds. The molecule has 8 nitrogen and oxygen atoms in total. The lowest BCUT2D eigenvalue weighted by molar-refractivity contribution is -0.284. The van der Waals surface area contributed by atoms with Crippen molar-refractivity contribution in [1.82, 2.24) is 29.5 Å². The number of alkyl halides is 5. The average Bonchev–Trinajstić information content (AvgIpc) is 3.40. The van der Waals surface area contributed by atoms with E-state index in [1.54, 1.807) is 19.1 Å². The largest absolute Gasteiger partial charge is 0.453 e. The maximum atomic E-state index is 13.5. The van der Waals surface area contributed by atoms with Crippen molar-refractivity contribution in [2.45, 2.75) is 43.7 Å². The van der Waals surface area contributed by atoms with E-state index in [1.807, 2.05) is 0 Å². The van der Waals surface area contributed by atoms with Crippen molar-refractivity contribution in [3.8, 4) is 11.5 Å². The normalized spacial score (nSPS) is 17.8. The highest BCUT2D eigenvalue weighted by atomic mass is 19.4. The lowest BCUT2D eigenvalue weighted by atomic mass is 9.79. The van der Waals surface area contributed by atoms with Crippen molar-refractivity contribution in [2.75, 3.05) is 5.32 Å². The molecule has 5 rings (SSSR count). The van der Waals surface area contributed by atoms with E-state index in [4.69, 9.17) is 0 Å². The van der Waals surface area contributed by atoms with Gasteiger partial charge in [-0.15, -0.1) is 0 Å². The lowest BCUT2D eigenvalue weighted by Gasteiger charge is -2.21. The molecule has 14 heteroatoms. The number of aryl methyl sites for hydroxylation is 1. The molecule has 37 heavy (non-hydrogen) atoms. The number of fused-ring (bicyclic) bond motifs is 2. The van der Waals surface area contributed by atoms with E-state index in [0.29, 0.717) is 5.56 Å². The predicted molar refractivity (Wildman–Crippen MR) is 117 cm³/mol. The van der Waals surface area contributed by atoms with Gasteiger partial charge in [0.25, 0.3) is 0 Å². The molecule has 1 aliphatic heterocycles. The highest BCUT2D eigenvalue weighted by molar-refractivity contribution is 6.05. The predicted octanol–water partition coefficient (Wildman–Crippen LogP) is 4.30. The van der Waals surface area contributed by atoms with E-state index in [1.165, 1.54) is 29.0 Å². The number of hydrogen-bond donors (Lipinski definition) is 1. The maximum Gasteiger partial charge on any atom is 0.453 e. The molecule has 0 spiro atoms. The minimum Gasteiger partial charge on any atom is -0.310 e. The summed E-state index contributed by atoms with van der Waals surface area (Å²) in [6, 6.07) is 5.73. The summed E-state index contributed by atoms with van der Waals surface area (Å²) < 4.78 is 79.4. The number of benzene rings is 1. The summed E-state index contributed by atoms with van der Waals surface area (Å²) >= 11 is 0. The third-order valence-electron chi connectivity index (χ3n) is 6.24. The van der Waals surface area contributed by atoms with E-state index >= 15 is 0 Å². The molecular weight excluding hydrogens is 504 g/mol. The van der Waals surface area contributed by atoms with Crippen LogP contribution in [0.4, 0.5) is 32.2 Å². The Morgan fingerprint density at radius 1 is 1.05 bits per heavy atom. The maximum absolute atomic E-state index is 13.5. The molecule has 0 radical (unpaired) electrons. The van der Waals surface area contributed by atoms with Crippen LogP contribution >= 0.6 is 0 Å². The van der Waals surface area contributed by atoms with Crippen LogP contribution in [-0.2, 0) is 23.1 Å². The molecule has 192 valence electrons. The Hall–Kier alpha value is -4.10. The van der Waals surface area contributed by atoms with Gasteiger partial charge in [0, 0.05) is 18.2 Å². The van der Waals surface area contributed by atoms with Crippen molar-refractivity contribution in [3.63, 3.8) is 0 Å². The first-order valence-corrected chi connectivity index (χ1v) is 10.9. The molecule has 4 aromatic rings. The topological polar surface area (TPSA) is 98.0 Å². The Morgan fingerprint density at radius 2 is 1.78 bits per heavy atom. The molecule has 1 unspecified atom stereocenters. The van der Waals surface area contributed by atoms with Gasteiger partial charge in [-0.1, -0.05) is 12.1 Å². The fourth-order valence-corrected chi connectivity index (χ4v) is 4.14. The summed E-state index contributed by atoms with van der Waals surface area (Å²) in [5.41, 5.74) is 0.0550. The van der Waals surface area contributed by atoms with Crippen LogP contribution in [-0.4, -0.2) is 47.6 Å². The summed E-state index contributed by atoms with van der Waals surface area (Å²) in [6.45, 7) is 1.69. The fraction of sp³-hybridized carbons (Fsp3) is 0.304. The van der Waals surface area contributed by atoms with Gasteiger partial charge in [-0.25, -0.2) is 28.8 Å².